The molecule has 0 amide bonds. The second-order valence-electron chi connectivity index (χ2n) is 4.03. The van der Waals surface area contributed by atoms with Crippen LogP contribution in [0.25, 0.3) is 0 Å². The van der Waals surface area contributed by atoms with E-state index in [9.17, 15) is 5.11 Å². The van der Waals surface area contributed by atoms with Crippen LogP contribution in [0.3, 0.4) is 0 Å². The van der Waals surface area contributed by atoms with Crippen molar-refractivity contribution >= 4 is 0 Å². The number of benzene rings is 1. The first kappa shape index (κ1) is 12.8. The molecule has 90 valence electrons. The molecule has 0 radical (unpaired) electrons. The first-order valence-corrected chi connectivity index (χ1v) is 5.39. The number of aliphatic hydroxyl groups is 1. The average Bonchev–Trinajstić information content (AvgIpc) is 2.31. The Kier molecular flexibility index (Phi) is 4.19. The summed E-state index contributed by atoms with van der Waals surface area (Å²) in [4.78, 5) is 0. The maximum Gasteiger partial charge on any atom is 0.125 e. The van der Waals surface area contributed by atoms with Crippen LogP contribution in [0.15, 0.2) is 6.07 Å². The highest BCUT2D eigenvalue weighted by Crippen LogP contribution is 2.36. The molecule has 0 spiro atoms. The zero-order valence-electron chi connectivity index (χ0n) is 10.6. The Bertz CT molecular complexity index is 372. The predicted octanol–water partition coefficient (Wildman–Crippen LogP) is 2.42. The first-order chi connectivity index (χ1) is 7.56. The molecule has 1 aromatic carbocycles. The lowest BCUT2D eigenvalue weighted by molar-refractivity contribution is 0.269. The van der Waals surface area contributed by atoms with E-state index < -0.39 is 0 Å². The summed E-state index contributed by atoms with van der Waals surface area (Å²) < 4.78 is 10.7. The molecule has 0 aliphatic rings. The minimum atomic E-state index is 0.0446. The standard InChI is InChI=1S/C13H20O3/c1-8(7-14)11-6-12(15-4)9(2)10(3)13(11)16-5/h6,8,14H,7H2,1-5H3. The van der Waals surface area contributed by atoms with Gasteiger partial charge in [-0.15, -0.1) is 0 Å². The minimum absolute atomic E-state index is 0.0446. The van der Waals surface area contributed by atoms with Gasteiger partial charge in [-0.25, -0.2) is 0 Å². The Labute approximate surface area is 97.0 Å². The highest BCUT2D eigenvalue weighted by Gasteiger charge is 2.17. The normalized spacial score (nSPS) is 12.4. The molecular formula is C13H20O3. The van der Waals surface area contributed by atoms with Gasteiger partial charge < -0.3 is 14.6 Å². The fourth-order valence-corrected chi connectivity index (χ4v) is 1.83. The van der Waals surface area contributed by atoms with E-state index in [4.69, 9.17) is 9.47 Å². The van der Waals surface area contributed by atoms with Crippen molar-refractivity contribution in [3.8, 4) is 11.5 Å². The smallest absolute Gasteiger partial charge is 0.125 e. The van der Waals surface area contributed by atoms with E-state index in [2.05, 4.69) is 0 Å². The summed E-state index contributed by atoms with van der Waals surface area (Å²) in [6.45, 7) is 6.07. The fraction of sp³-hybridized carbons (Fsp3) is 0.538. The summed E-state index contributed by atoms with van der Waals surface area (Å²) >= 11 is 0. The van der Waals surface area contributed by atoms with Gasteiger partial charge in [-0.3, -0.25) is 0 Å². The lowest BCUT2D eigenvalue weighted by Gasteiger charge is -2.19. The van der Waals surface area contributed by atoms with E-state index in [1.165, 1.54) is 0 Å². The number of rotatable bonds is 4. The fourth-order valence-electron chi connectivity index (χ4n) is 1.83. The van der Waals surface area contributed by atoms with Gasteiger partial charge >= 0.3 is 0 Å². The Hall–Kier alpha value is -1.22. The van der Waals surface area contributed by atoms with Crippen molar-refractivity contribution in [1.29, 1.82) is 0 Å². The van der Waals surface area contributed by atoms with Crippen LogP contribution in [0.2, 0.25) is 0 Å². The number of aliphatic hydroxyl groups excluding tert-OH is 1. The molecule has 0 saturated carbocycles. The van der Waals surface area contributed by atoms with Crippen molar-refractivity contribution in [2.75, 3.05) is 20.8 Å². The van der Waals surface area contributed by atoms with E-state index in [0.717, 1.165) is 28.2 Å². The van der Waals surface area contributed by atoms with Gasteiger partial charge in [0.2, 0.25) is 0 Å². The third kappa shape index (κ3) is 2.14. The van der Waals surface area contributed by atoms with Crippen LogP contribution in [0.1, 0.15) is 29.5 Å². The Balaban J connectivity index is 3.40. The maximum atomic E-state index is 9.24. The van der Waals surface area contributed by atoms with Crippen molar-refractivity contribution < 1.29 is 14.6 Å². The topological polar surface area (TPSA) is 38.7 Å². The van der Waals surface area contributed by atoms with E-state index in [1.807, 2.05) is 26.8 Å². The SMILES string of the molecule is COc1cc(C(C)CO)c(OC)c(C)c1C. The van der Waals surface area contributed by atoms with Crippen LogP contribution in [0.5, 0.6) is 11.5 Å². The van der Waals surface area contributed by atoms with Crippen molar-refractivity contribution in [2.45, 2.75) is 26.7 Å². The van der Waals surface area contributed by atoms with Gasteiger partial charge in [0.15, 0.2) is 0 Å². The second-order valence-corrected chi connectivity index (χ2v) is 4.03. The zero-order valence-corrected chi connectivity index (χ0v) is 10.6. The maximum absolute atomic E-state index is 9.24. The van der Waals surface area contributed by atoms with Crippen molar-refractivity contribution in [2.24, 2.45) is 0 Å². The molecule has 0 aromatic heterocycles. The quantitative estimate of drug-likeness (QED) is 0.853. The van der Waals surface area contributed by atoms with E-state index >= 15 is 0 Å². The largest absolute Gasteiger partial charge is 0.496 e. The Morgan fingerprint density at radius 3 is 2.25 bits per heavy atom. The van der Waals surface area contributed by atoms with E-state index in [1.54, 1.807) is 14.2 Å². The summed E-state index contributed by atoms with van der Waals surface area (Å²) in [6.07, 6.45) is 0. The van der Waals surface area contributed by atoms with Crippen LogP contribution in [-0.2, 0) is 0 Å². The van der Waals surface area contributed by atoms with Crippen LogP contribution < -0.4 is 9.47 Å². The van der Waals surface area contributed by atoms with Gasteiger partial charge in [0.1, 0.15) is 11.5 Å². The molecule has 0 fully saturated rings. The lowest BCUT2D eigenvalue weighted by Crippen LogP contribution is -2.05. The monoisotopic (exact) mass is 224 g/mol. The molecule has 1 atom stereocenters. The zero-order chi connectivity index (χ0) is 12.3. The molecule has 3 nitrogen and oxygen atoms in total. The summed E-state index contributed by atoms with van der Waals surface area (Å²) in [5.74, 6) is 1.73. The molecule has 1 unspecified atom stereocenters. The van der Waals surface area contributed by atoms with Gasteiger partial charge in [-0.1, -0.05) is 6.92 Å². The van der Waals surface area contributed by atoms with Crippen molar-refractivity contribution in [3.63, 3.8) is 0 Å². The summed E-state index contributed by atoms with van der Waals surface area (Å²) in [6, 6.07) is 1.95. The minimum Gasteiger partial charge on any atom is -0.496 e. The van der Waals surface area contributed by atoms with Crippen molar-refractivity contribution in [1.82, 2.24) is 0 Å². The van der Waals surface area contributed by atoms with Gasteiger partial charge in [-0.05, 0) is 31.0 Å². The van der Waals surface area contributed by atoms with Crippen LogP contribution in [0, 0.1) is 13.8 Å². The van der Waals surface area contributed by atoms with Gasteiger partial charge in [0, 0.05) is 18.1 Å². The molecule has 0 heterocycles. The lowest BCUT2D eigenvalue weighted by atomic mass is 9.95. The summed E-state index contributed by atoms with van der Waals surface area (Å²) in [5.41, 5.74) is 3.13. The molecule has 1 N–H and O–H groups in total. The molecular weight excluding hydrogens is 204 g/mol. The molecule has 1 rings (SSSR count). The number of hydrogen-bond donors (Lipinski definition) is 1. The average molecular weight is 224 g/mol. The molecule has 0 aliphatic carbocycles. The van der Waals surface area contributed by atoms with Crippen LogP contribution in [0.4, 0.5) is 0 Å². The third-order valence-electron chi connectivity index (χ3n) is 3.05. The van der Waals surface area contributed by atoms with E-state index in [0.29, 0.717) is 0 Å². The van der Waals surface area contributed by atoms with Gasteiger partial charge in [0.25, 0.3) is 0 Å². The molecule has 3 heteroatoms. The molecule has 0 bridgehead atoms. The molecule has 1 aromatic rings. The van der Waals surface area contributed by atoms with Crippen LogP contribution >= 0.6 is 0 Å². The predicted molar refractivity (Wildman–Crippen MR) is 64.5 cm³/mol. The summed E-state index contributed by atoms with van der Waals surface area (Å²) in [5, 5.41) is 9.24. The van der Waals surface area contributed by atoms with E-state index in [-0.39, 0.29) is 12.5 Å². The Morgan fingerprint density at radius 1 is 1.19 bits per heavy atom. The molecule has 0 saturated heterocycles. The number of ether oxygens (including phenoxy) is 2. The summed E-state index contributed by atoms with van der Waals surface area (Å²) in [7, 11) is 3.31. The highest BCUT2D eigenvalue weighted by atomic mass is 16.5. The highest BCUT2D eigenvalue weighted by molar-refractivity contribution is 5.53. The number of methoxy groups -OCH3 is 2. The van der Waals surface area contributed by atoms with Gasteiger partial charge in [0.05, 0.1) is 14.2 Å². The first-order valence-electron chi connectivity index (χ1n) is 5.39. The van der Waals surface area contributed by atoms with Crippen LogP contribution in [-0.4, -0.2) is 25.9 Å². The molecule has 16 heavy (non-hydrogen) atoms. The molecule has 0 aliphatic heterocycles. The Morgan fingerprint density at radius 2 is 1.81 bits per heavy atom. The van der Waals surface area contributed by atoms with Gasteiger partial charge in [-0.2, -0.15) is 0 Å². The third-order valence-corrected chi connectivity index (χ3v) is 3.05. The van der Waals surface area contributed by atoms with Crippen molar-refractivity contribution in [3.05, 3.63) is 22.8 Å². The second kappa shape index (κ2) is 5.21. The number of hydrogen-bond acceptors (Lipinski definition) is 3.